The summed E-state index contributed by atoms with van der Waals surface area (Å²) in [7, 11) is -1.59. The van der Waals surface area contributed by atoms with E-state index in [0.29, 0.717) is 11.3 Å². The number of hydrogen-bond acceptors (Lipinski definition) is 3. The molecule has 2 N–H and O–H groups in total. The third-order valence-electron chi connectivity index (χ3n) is 5.16. The number of piperazine rings is 1. The number of likely N-dealkylation sites (N-methyl/N-ethyl adjacent to an activating group) is 1. The molecule has 6 nitrogen and oxygen atoms in total. The number of benzene rings is 2. The maximum Gasteiger partial charge on any atom is 0.261 e. The van der Waals surface area contributed by atoms with Gasteiger partial charge in [-0.25, -0.2) is 8.42 Å². The molecule has 0 spiro atoms. The van der Waals surface area contributed by atoms with Gasteiger partial charge in [0, 0.05) is 5.56 Å². The number of carbonyl (C=O) groups excluding carboxylic acids is 1. The fourth-order valence-corrected chi connectivity index (χ4v) is 4.24. The summed E-state index contributed by atoms with van der Waals surface area (Å²) in [6, 6.07) is 11.7. The van der Waals surface area contributed by atoms with Gasteiger partial charge in [0.15, 0.2) is 0 Å². The van der Waals surface area contributed by atoms with E-state index in [4.69, 9.17) is 0 Å². The van der Waals surface area contributed by atoms with Crippen molar-refractivity contribution >= 4 is 21.6 Å². The molecule has 1 saturated heterocycles. The van der Waals surface area contributed by atoms with Crippen LogP contribution >= 0.6 is 0 Å². The van der Waals surface area contributed by atoms with Crippen molar-refractivity contribution < 1.29 is 18.1 Å². The first-order valence-corrected chi connectivity index (χ1v) is 10.6. The average Bonchev–Trinajstić information content (AvgIpc) is 2.65. The molecule has 2 aromatic rings. The number of sulfonamides is 1. The third kappa shape index (κ3) is 4.31. The molecular weight excluding hydrogens is 362 g/mol. The Morgan fingerprint density at radius 3 is 2.30 bits per heavy atom. The van der Waals surface area contributed by atoms with Gasteiger partial charge in [0.05, 0.1) is 43.8 Å². The molecule has 0 radical (unpaired) electrons. The summed E-state index contributed by atoms with van der Waals surface area (Å²) in [5.74, 6) is -0.0473. The number of amides is 1. The Morgan fingerprint density at radius 2 is 1.67 bits per heavy atom. The van der Waals surface area contributed by atoms with Crippen molar-refractivity contribution in [2.45, 2.75) is 18.7 Å². The number of aryl methyl sites for hydroxylation is 1. The Balaban J connectivity index is 1.76. The van der Waals surface area contributed by atoms with E-state index < -0.39 is 10.0 Å². The monoisotopic (exact) mass is 388 g/mol. The Bertz CT molecular complexity index is 931. The van der Waals surface area contributed by atoms with Crippen LogP contribution in [0.3, 0.4) is 0 Å². The quantitative estimate of drug-likeness (QED) is 0.823. The summed E-state index contributed by atoms with van der Waals surface area (Å²) >= 11 is 0. The molecule has 2 aromatic carbocycles. The molecule has 1 amide bonds. The highest BCUT2D eigenvalue weighted by Gasteiger charge is 2.23. The minimum absolute atomic E-state index is 0.0473. The van der Waals surface area contributed by atoms with Crippen molar-refractivity contribution in [1.29, 1.82) is 0 Å². The number of nitrogens with zero attached hydrogens (tertiary/aromatic N) is 1. The molecule has 1 aliphatic heterocycles. The predicted molar refractivity (Wildman–Crippen MR) is 106 cm³/mol. The average molecular weight is 389 g/mol. The van der Waals surface area contributed by atoms with Crippen LogP contribution in [-0.4, -0.2) is 52.5 Å². The number of rotatable bonds is 4. The first-order valence-electron chi connectivity index (χ1n) is 9.07. The van der Waals surface area contributed by atoms with Crippen LogP contribution in [0.15, 0.2) is 47.4 Å². The van der Waals surface area contributed by atoms with Crippen LogP contribution in [0.25, 0.3) is 0 Å². The summed E-state index contributed by atoms with van der Waals surface area (Å²) in [5, 5.41) is 0. The summed E-state index contributed by atoms with van der Waals surface area (Å²) < 4.78 is 28.0. The second-order valence-electron chi connectivity index (χ2n) is 7.13. The van der Waals surface area contributed by atoms with Gasteiger partial charge in [-0.3, -0.25) is 9.52 Å². The van der Waals surface area contributed by atoms with Crippen molar-refractivity contribution in [3.8, 4) is 0 Å². The molecule has 1 heterocycles. The lowest BCUT2D eigenvalue weighted by Gasteiger charge is -2.30. The van der Waals surface area contributed by atoms with Crippen LogP contribution in [0, 0.1) is 13.8 Å². The number of hydrogen-bond donors (Lipinski definition) is 2. The highest BCUT2D eigenvalue weighted by atomic mass is 32.2. The molecule has 0 bridgehead atoms. The Labute approximate surface area is 160 Å². The van der Waals surface area contributed by atoms with Crippen LogP contribution in [0.1, 0.15) is 21.5 Å². The zero-order chi connectivity index (χ0) is 19.6. The molecular formula is C20H26N3O3S+. The molecule has 0 unspecified atom stereocenters. The predicted octanol–water partition coefficient (Wildman–Crippen LogP) is 1.07. The van der Waals surface area contributed by atoms with Gasteiger partial charge < -0.3 is 9.80 Å². The van der Waals surface area contributed by atoms with Crippen LogP contribution < -0.4 is 9.62 Å². The second-order valence-corrected chi connectivity index (χ2v) is 8.81. The molecule has 0 atom stereocenters. The lowest BCUT2D eigenvalue weighted by Crippen LogP contribution is -3.12. The fourth-order valence-electron chi connectivity index (χ4n) is 3.12. The topological polar surface area (TPSA) is 70.9 Å². The SMILES string of the molecule is Cc1cccc(NS(=O)(=O)c2ccc(C(=O)N3CC[NH+](C)CC3)cc2)c1C. The van der Waals surface area contributed by atoms with E-state index in [9.17, 15) is 13.2 Å². The summed E-state index contributed by atoms with van der Waals surface area (Å²) in [6.07, 6.45) is 0. The van der Waals surface area contributed by atoms with Gasteiger partial charge in [-0.1, -0.05) is 12.1 Å². The summed E-state index contributed by atoms with van der Waals surface area (Å²) in [6.45, 7) is 7.12. The van der Waals surface area contributed by atoms with Crippen LogP contribution in [0.4, 0.5) is 5.69 Å². The third-order valence-corrected chi connectivity index (χ3v) is 6.55. The minimum atomic E-state index is -3.71. The molecule has 1 aliphatic rings. The molecule has 27 heavy (non-hydrogen) atoms. The lowest BCUT2D eigenvalue weighted by atomic mass is 10.1. The van der Waals surface area contributed by atoms with E-state index in [1.54, 1.807) is 18.2 Å². The van der Waals surface area contributed by atoms with Gasteiger partial charge in [0.2, 0.25) is 0 Å². The van der Waals surface area contributed by atoms with Gasteiger partial charge in [0.1, 0.15) is 0 Å². The first-order chi connectivity index (χ1) is 12.8. The van der Waals surface area contributed by atoms with E-state index >= 15 is 0 Å². The molecule has 0 aliphatic carbocycles. The maximum atomic E-state index is 12.7. The van der Waals surface area contributed by atoms with Gasteiger partial charge in [-0.05, 0) is 55.3 Å². The van der Waals surface area contributed by atoms with E-state index in [2.05, 4.69) is 11.8 Å². The van der Waals surface area contributed by atoms with Crippen molar-refractivity contribution in [2.75, 3.05) is 37.9 Å². The lowest BCUT2D eigenvalue weighted by molar-refractivity contribution is -0.883. The zero-order valence-corrected chi connectivity index (χ0v) is 16.8. The maximum absolute atomic E-state index is 12.7. The first kappa shape index (κ1) is 19.4. The van der Waals surface area contributed by atoms with Gasteiger partial charge in [-0.15, -0.1) is 0 Å². The molecule has 0 saturated carbocycles. The van der Waals surface area contributed by atoms with E-state index in [1.165, 1.54) is 17.0 Å². The largest absolute Gasteiger partial charge is 0.334 e. The zero-order valence-electron chi connectivity index (χ0n) is 16.0. The van der Waals surface area contributed by atoms with E-state index in [-0.39, 0.29) is 10.8 Å². The Hall–Kier alpha value is -2.38. The van der Waals surface area contributed by atoms with Crippen LogP contribution in [-0.2, 0) is 10.0 Å². The molecule has 1 fully saturated rings. The van der Waals surface area contributed by atoms with Crippen molar-refractivity contribution in [2.24, 2.45) is 0 Å². The fraction of sp³-hybridized carbons (Fsp3) is 0.350. The van der Waals surface area contributed by atoms with Crippen molar-refractivity contribution in [1.82, 2.24) is 4.90 Å². The van der Waals surface area contributed by atoms with Crippen LogP contribution in [0.5, 0.6) is 0 Å². The molecule has 144 valence electrons. The number of quaternary nitrogens is 1. The normalized spacial score (nSPS) is 15.6. The Kier molecular flexibility index (Phi) is 5.53. The number of nitrogens with one attached hydrogen (secondary N) is 2. The van der Waals surface area contributed by atoms with Gasteiger partial charge in [-0.2, -0.15) is 0 Å². The second kappa shape index (κ2) is 7.70. The highest BCUT2D eigenvalue weighted by Crippen LogP contribution is 2.22. The van der Waals surface area contributed by atoms with Gasteiger partial charge in [0.25, 0.3) is 15.9 Å². The molecule has 0 aromatic heterocycles. The van der Waals surface area contributed by atoms with E-state index in [1.807, 2.05) is 30.9 Å². The van der Waals surface area contributed by atoms with E-state index in [0.717, 1.165) is 37.3 Å². The van der Waals surface area contributed by atoms with Crippen LogP contribution in [0.2, 0.25) is 0 Å². The van der Waals surface area contributed by atoms with Crippen molar-refractivity contribution in [3.05, 3.63) is 59.2 Å². The standard InChI is InChI=1S/C20H25N3O3S/c1-15-5-4-6-19(16(15)2)21-27(25,26)18-9-7-17(8-10-18)20(24)23-13-11-22(3)12-14-23/h4-10,21H,11-14H2,1-3H3/p+1. The van der Waals surface area contributed by atoms with Gasteiger partial charge >= 0.3 is 0 Å². The summed E-state index contributed by atoms with van der Waals surface area (Å²) in [5.41, 5.74) is 2.99. The molecule has 7 heteroatoms. The van der Waals surface area contributed by atoms with Crippen molar-refractivity contribution in [3.63, 3.8) is 0 Å². The number of anilines is 1. The molecule has 3 rings (SSSR count). The highest BCUT2D eigenvalue weighted by molar-refractivity contribution is 7.92. The minimum Gasteiger partial charge on any atom is -0.334 e. The Morgan fingerprint density at radius 1 is 1.04 bits per heavy atom. The number of carbonyl (C=O) groups is 1. The summed E-state index contributed by atoms with van der Waals surface area (Å²) in [4.78, 5) is 16.0. The smallest absolute Gasteiger partial charge is 0.261 e.